The topological polar surface area (TPSA) is 47.3 Å². The predicted molar refractivity (Wildman–Crippen MR) is 72.4 cm³/mol. The second kappa shape index (κ2) is 4.89. The Morgan fingerprint density at radius 3 is 2.80 bits per heavy atom. The molecule has 0 spiro atoms. The molecule has 1 saturated heterocycles. The van der Waals surface area contributed by atoms with Crippen molar-refractivity contribution in [3.63, 3.8) is 0 Å². The van der Waals surface area contributed by atoms with Crippen molar-refractivity contribution in [3.05, 3.63) is 28.2 Å². The molecule has 110 valence electrons. The van der Waals surface area contributed by atoms with E-state index in [0.717, 1.165) is 12.5 Å². The largest absolute Gasteiger partial charge is 0.418 e. The minimum absolute atomic E-state index is 0.0428. The lowest BCUT2D eigenvalue weighted by atomic mass is 9.72. The number of rotatable bonds is 2. The molecule has 4 unspecified atom stereocenters. The zero-order chi connectivity index (χ0) is 14.5. The fourth-order valence-electron chi connectivity index (χ4n) is 2.99. The summed E-state index contributed by atoms with van der Waals surface area (Å²) in [5.74, 6) is 0.258. The van der Waals surface area contributed by atoms with Crippen LogP contribution in [0, 0.1) is 5.92 Å². The van der Waals surface area contributed by atoms with Gasteiger partial charge in [-0.3, -0.25) is 0 Å². The second-order valence-electron chi connectivity index (χ2n) is 5.22. The van der Waals surface area contributed by atoms with Gasteiger partial charge < -0.3 is 15.8 Å². The van der Waals surface area contributed by atoms with Gasteiger partial charge >= 0.3 is 6.18 Å². The number of fused-ring (bicyclic) bond motifs is 1. The van der Waals surface area contributed by atoms with Crippen LogP contribution in [0.5, 0.6) is 0 Å². The summed E-state index contributed by atoms with van der Waals surface area (Å²) in [5, 5.41) is 2.92. The first-order chi connectivity index (χ1) is 9.38. The van der Waals surface area contributed by atoms with Gasteiger partial charge in [0.15, 0.2) is 0 Å². The van der Waals surface area contributed by atoms with Gasteiger partial charge in [-0.2, -0.15) is 13.2 Å². The molecule has 1 heterocycles. The van der Waals surface area contributed by atoms with Crippen LogP contribution in [0.3, 0.4) is 0 Å². The van der Waals surface area contributed by atoms with Crippen molar-refractivity contribution in [3.8, 4) is 0 Å². The second-order valence-corrected chi connectivity index (χ2v) is 6.14. The SMILES string of the molecule is NC1C2CCOC2C1Nc1cc(Br)ccc1C(F)(F)F. The van der Waals surface area contributed by atoms with Crippen molar-refractivity contribution in [2.45, 2.75) is 30.8 Å². The van der Waals surface area contributed by atoms with Crippen molar-refractivity contribution in [2.24, 2.45) is 11.7 Å². The zero-order valence-electron chi connectivity index (χ0n) is 10.5. The van der Waals surface area contributed by atoms with Gasteiger partial charge in [0.1, 0.15) is 0 Å². The molecule has 2 fully saturated rings. The van der Waals surface area contributed by atoms with E-state index in [4.69, 9.17) is 10.5 Å². The van der Waals surface area contributed by atoms with Crippen molar-refractivity contribution >= 4 is 21.6 Å². The van der Waals surface area contributed by atoms with Crippen LogP contribution in [-0.2, 0) is 10.9 Å². The molecule has 2 aliphatic rings. The molecule has 7 heteroatoms. The van der Waals surface area contributed by atoms with Crippen molar-refractivity contribution < 1.29 is 17.9 Å². The minimum atomic E-state index is -4.40. The molecule has 1 aliphatic carbocycles. The van der Waals surface area contributed by atoms with Crippen LogP contribution < -0.4 is 11.1 Å². The van der Waals surface area contributed by atoms with E-state index in [-0.39, 0.29) is 29.8 Å². The molecule has 3 nitrogen and oxygen atoms in total. The highest BCUT2D eigenvalue weighted by Gasteiger charge is 2.52. The van der Waals surface area contributed by atoms with E-state index in [1.807, 2.05) is 0 Å². The number of hydrogen-bond acceptors (Lipinski definition) is 3. The summed E-state index contributed by atoms with van der Waals surface area (Å²) >= 11 is 3.19. The lowest BCUT2D eigenvalue weighted by Gasteiger charge is -2.46. The molecule has 1 aliphatic heterocycles. The summed E-state index contributed by atoms with van der Waals surface area (Å²) in [7, 11) is 0. The number of halogens is 4. The Kier molecular flexibility index (Phi) is 3.46. The highest BCUT2D eigenvalue weighted by molar-refractivity contribution is 9.10. The van der Waals surface area contributed by atoms with Crippen LogP contribution in [0.25, 0.3) is 0 Å². The summed E-state index contributed by atoms with van der Waals surface area (Å²) in [6, 6.07) is 3.44. The number of nitrogens with one attached hydrogen (secondary N) is 1. The number of alkyl halides is 3. The molecular weight excluding hydrogens is 337 g/mol. The number of nitrogens with two attached hydrogens (primary N) is 1. The van der Waals surface area contributed by atoms with Gasteiger partial charge in [-0.25, -0.2) is 0 Å². The van der Waals surface area contributed by atoms with E-state index >= 15 is 0 Å². The first-order valence-electron chi connectivity index (χ1n) is 6.38. The van der Waals surface area contributed by atoms with Crippen LogP contribution in [-0.4, -0.2) is 24.8 Å². The highest BCUT2D eigenvalue weighted by atomic mass is 79.9. The molecule has 3 N–H and O–H groups in total. The third kappa shape index (κ3) is 2.31. The Hall–Kier alpha value is -0.790. The Morgan fingerprint density at radius 2 is 2.10 bits per heavy atom. The molecule has 1 aromatic rings. The standard InChI is InChI=1S/C13H14BrF3N2O/c14-6-1-2-8(13(15,16)17)9(5-6)19-11-10(18)7-3-4-20-12(7)11/h1-2,5,7,10-12,19H,3-4,18H2. The van der Waals surface area contributed by atoms with Crippen molar-refractivity contribution in [2.75, 3.05) is 11.9 Å². The third-order valence-corrected chi connectivity index (χ3v) is 4.55. The Balaban J connectivity index is 1.85. The zero-order valence-corrected chi connectivity index (χ0v) is 12.0. The summed E-state index contributed by atoms with van der Waals surface area (Å²) in [4.78, 5) is 0. The minimum Gasteiger partial charge on any atom is -0.378 e. The molecule has 3 rings (SSSR count). The molecule has 0 aromatic heterocycles. The van der Waals surface area contributed by atoms with E-state index in [0.29, 0.717) is 11.1 Å². The Bertz CT molecular complexity index is 523. The van der Waals surface area contributed by atoms with E-state index < -0.39 is 11.7 Å². The van der Waals surface area contributed by atoms with Crippen LogP contribution >= 0.6 is 15.9 Å². The first-order valence-corrected chi connectivity index (χ1v) is 7.17. The Labute approximate surface area is 122 Å². The van der Waals surface area contributed by atoms with E-state index in [1.54, 1.807) is 0 Å². The Morgan fingerprint density at radius 1 is 1.35 bits per heavy atom. The van der Waals surface area contributed by atoms with E-state index in [1.165, 1.54) is 12.1 Å². The molecule has 1 saturated carbocycles. The smallest absolute Gasteiger partial charge is 0.378 e. The van der Waals surface area contributed by atoms with Crippen LogP contribution in [0.15, 0.2) is 22.7 Å². The number of hydrogen-bond donors (Lipinski definition) is 2. The third-order valence-electron chi connectivity index (χ3n) is 4.06. The average molecular weight is 351 g/mol. The van der Waals surface area contributed by atoms with Gasteiger partial charge in [0, 0.05) is 28.7 Å². The predicted octanol–water partition coefficient (Wildman–Crippen LogP) is 2.99. The highest BCUT2D eigenvalue weighted by Crippen LogP contribution is 2.42. The summed E-state index contributed by atoms with van der Waals surface area (Å²) in [5.41, 5.74) is 5.37. The molecule has 20 heavy (non-hydrogen) atoms. The maximum absolute atomic E-state index is 13.0. The molecule has 4 atom stereocenters. The van der Waals surface area contributed by atoms with Gasteiger partial charge in [-0.05, 0) is 24.6 Å². The maximum atomic E-state index is 13.0. The lowest BCUT2D eigenvalue weighted by molar-refractivity contribution is -0.137. The van der Waals surface area contributed by atoms with Crippen molar-refractivity contribution in [1.29, 1.82) is 0 Å². The van der Waals surface area contributed by atoms with Gasteiger partial charge in [0.05, 0.1) is 17.7 Å². The van der Waals surface area contributed by atoms with E-state index in [2.05, 4.69) is 21.2 Å². The quantitative estimate of drug-likeness (QED) is 0.861. The average Bonchev–Trinajstić information content (AvgIpc) is 2.79. The summed E-state index contributed by atoms with van der Waals surface area (Å²) in [6.07, 6.45) is -3.59. The van der Waals surface area contributed by atoms with E-state index in [9.17, 15) is 13.2 Å². The fourth-order valence-corrected chi connectivity index (χ4v) is 3.35. The lowest BCUT2D eigenvalue weighted by Crippen LogP contribution is -2.65. The van der Waals surface area contributed by atoms with Gasteiger partial charge in [-0.1, -0.05) is 15.9 Å². The van der Waals surface area contributed by atoms with Crippen LogP contribution in [0.1, 0.15) is 12.0 Å². The van der Waals surface area contributed by atoms with Gasteiger partial charge in [0.2, 0.25) is 0 Å². The van der Waals surface area contributed by atoms with Crippen LogP contribution in [0.2, 0.25) is 0 Å². The fraction of sp³-hybridized carbons (Fsp3) is 0.538. The number of benzene rings is 1. The summed E-state index contributed by atoms with van der Waals surface area (Å²) in [6.45, 7) is 0.631. The molecular formula is C13H14BrF3N2O. The first kappa shape index (κ1) is 14.2. The monoisotopic (exact) mass is 350 g/mol. The van der Waals surface area contributed by atoms with Gasteiger partial charge in [-0.15, -0.1) is 0 Å². The number of ether oxygens (including phenoxy) is 1. The molecule has 0 radical (unpaired) electrons. The normalized spacial score (nSPS) is 32.6. The summed E-state index contributed by atoms with van der Waals surface area (Å²) < 4.78 is 45.1. The van der Waals surface area contributed by atoms with Gasteiger partial charge in [0.25, 0.3) is 0 Å². The van der Waals surface area contributed by atoms with Crippen molar-refractivity contribution in [1.82, 2.24) is 0 Å². The molecule has 1 aromatic carbocycles. The number of anilines is 1. The maximum Gasteiger partial charge on any atom is 0.418 e. The molecule has 0 bridgehead atoms. The van der Waals surface area contributed by atoms with Crippen LogP contribution in [0.4, 0.5) is 18.9 Å². The molecule has 0 amide bonds.